The summed E-state index contributed by atoms with van der Waals surface area (Å²) < 4.78 is 5.41. The van der Waals surface area contributed by atoms with Gasteiger partial charge in [-0.1, -0.05) is 37.6 Å². The fourth-order valence-electron chi connectivity index (χ4n) is 3.18. The molecule has 2 atom stereocenters. The van der Waals surface area contributed by atoms with Gasteiger partial charge in [-0.2, -0.15) is 5.26 Å². The summed E-state index contributed by atoms with van der Waals surface area (Å²) in [6, 6.07) is 9.75. The Morgan fingerprint density at radius 1 is 1.36 bits per heavy atom. The highest BCUT2D eigenvalue weighted by atomic mass is 16.6. The number of fused-ring (bicyclic) bond motifs is 2. The number of alkyl carbamates (subject to hydrolysis) is 1. The lowest BCUT2D eigenvalue weighted by Crippen LogP contribution is -2.35. The van der Waals surface area contributed by atoms with Crippen LogP contribution in [0.15, 0.2) is 29.3 Å². The van der Waals surface area contributed by atoms with Gasteiger partial charge in [-0.3, -0.25) is 4.79 Å². The van der Waals surface area contributed by atoms with Gasteiger partial charge in [0.2, 0.25) is 5.91 Å². The number of benzene rings is 1. The summed E-state index contributed by atoms with van der Waals surface area (Å²) in [5, 5.41) is 12.0. The molecular formula is C22H29N3O3. The minimum Gasteiger partial charge on any atom is -0.444 e. The molecule has 1 unspecified atom stereocenters. The van der Waals surface area contributed by atoms with Crippen molar-refractivity contribution < 1.29 is 14.3 Å². The normalized spacial score (nSPS) is 20.8. The van der Waals surface area contributed by atoms with Crippen LogP contribution in [-0.2, 0) is 16.0 Å². The number of carbonyl (C=O) groups is 2. The van der Waals surface area contributed by atoms with Crippen molar-refractivity contribution in [3.63, 3.8) is 0 Å². The molecule has 0 fully saturated rings. The molecule has 6 heteroatoms. The van der Waals surface area contributed by atoms with Crippen LogP contribution in [0.25, 0.3) is 0 Å². The Balaban J connectivity index is 2.31. The Morgan fingerprint density at radius 2 is 2.11 bits per heavy atom. The Morgan fingerprint density at radius 3 is 2.79 bits per heavy atom. The van der Waals surface area contributed by atoms with Gasteiger partial charge in [0.25, 0.3) is 0 Å². The first-order valence-electron chi connectivity index (χ1n) is 9.73. The van der Waals surface area contributed by atoms with E-state index in [4.69, 9.17) is 10.00 Å². The maximum Gasteiger partial charge on any atom is 0.408 e. The van der Waals surface area contributed by atoms with E-state index in [1.54, 1.807) is 0 Å². The van der Waals surface area contributed by atoms with Crippen molar-refractivity contribution in [1.82, 2.24) is 5.32 Å². The molecule has 2 rings (SSSR count). The second-order valence-electron chi connectivity index (χ2n) is 8.30. The molecule has 0 spiro atoms. The second kappa shape index (κ2) is 9.50. The molecule has 150 valence electrons. The van der Waals surface area contributed by atoms with Gasteiger partial charge in [0.1, 0.15) is 5.60 Å². The summed E-state index contributed by atoms with van der Waals surface area (Å²) in [6.45, 7) is 7.35. The fourth-order valence-corrected chi connectivity index (χ4v) is 3.18. The molecule has 2 amide bonds. The van der Waals surface area contributed by atoms with Crippen LogP contribution in [0.3, 0.4) is 0 Å². The first kappa shape index (κ1) is 21.6. The van der Waals surface area contributed by atoms with Crippen LogP contribution >= 0.6 is 0 Å². The Labute approximate surface area is 167 Å². The fraction of sp³-hybridized carbons (Fsp3) is 0.545. The van der Waals surface area contributed by atoms with Crippen molar-refractivity contribution in [3.05, 3.63) is 35.4 Å². The molecule has 0 aliphatic carbocycles. The summed E-state index contributed by atoms with van der Waals surface area (Å²) in [6.07, 6.45) is 2.26. The highest BCUT2D eigenvalue weighted by molar-refractivity contribution is 5.98. The maximum atomic E-state index is 12.4. The standard InChI is InChI=1S/C22H29N3O3/c1-15-7-5-10-19(25-21(27)28-22(2,3)4)17-9-6-8-16(13-17)14-18(11-12-23)24-20(15)26/h6,8-9,13,15,19H,5,7,10-11,14H2,1-4H3,(H,25,27)/t15-,19?/m1/s1. The zero-order valence-corrected chi connectivity index (χ0v) is 17.1. The Kier molecular flexibility index (Phi) is 7.33. The third kappa shape index (κ3) is 6.80. The van der Waals surface area contributed by atoms with Crippen LogP contribution in [0.1, 0.15) is 70.5 Å². The molecule has 28 heavy (non-hydrogen) atoms. The number of aliphatic imine (C=N–C) groups is 1. The van der Waals surface area contributed by atoms with Gasteiger partial charge >= 0.3 is 6.09 Å². The van der Waals surface area contributed by atoms with Crippen LogP contribution in [0.5, 0.6) is 0 Å². The second-order valence-corrected chi connectivity index (χ2v) is 8.30. The molecule has 1 aliphatic rings. The monoisotopic (exact) mass is 383 g/mol. The zero-order chi connectivity index (χ0) is 20.7. The van der Waals surface area contributed by atoms with Crippen molar-refractivity contribution >= 4 is 17.7 Å². The number of carbonyl (C=O) groups excluding carboxylic acids is 2. The first-order chi connectivity index (χ1) is 13.2. The maximum absolute atomic E-state index is 12.4. The predicted molar refractivity (Wildman–Crippen MR) is 108 cm³/mol. The SMILES string of the molecule is C[C@@H]1CCCC(NC(=O)OC(C)(C)C)c2cccc(c2)CC(CC#N)=NC1=O. The van der Waals surface area contributed by atoms with E-state index in [9.17, 15) is 9.59 Å². The topological polar surface area (TPSA) is 91.5 Å². The van der Waals surface area contributed by atoms with E-state index in [1.165, 1.54) is 0 Å². The van der Waals surface area contributed by atoms with Crippen molar-refractivity contribution in [2.24, 2.45) is 10.9 Å². The number of amides is 2. The number of nitrogens with one attached hydrogen (secondary N) is 1. The van der Waals surface area contributed by atoms with Crippen molar-refractivity contribution in [1.29, 1.82) is 5.26 Å². The first-order valence-corrected chi connectivity index (χ1v) is 9.73. The van der Waals surface area contributed by atoms with Crippen LogP contribution in [0.2, 0.25) is 0 Å². The van der Waals surface area contributed by atoms with E-state index in [0.29, 0.717) is 25.0 Å². The smallest absolute Gasteiger partial charge is 0.408 e. The van der Waals surface area contributed by atoms with Gasteiger partial charge in [0, 0.05) is 18.1 Å². The summed E-state index contributed by atoms with van der Waals surface area (Å²) in [7, 11) is 0. The molecule has 0 aromatic heterocycles. The van der Waals surface area contributed by atoms with Gasteiger partial charge in [-0.15, -0.1) is 0 Å². The molecule has 0 saturated heterocycles. The largest absolute Gasteiger partial charge is 0.444 e. The van der Waals surface area contributed by atoms with E-state index in [-0.39, 0.29) is 24.3 Å². The number of ether oxygens (including phenoxy) is 1. The van der Waals surface area contributed by atoms with Crippen LogP contribution < -0.4 is 5.32 Å². The van der Waals surface area contributed by atoms with Crippen LogP contribution in [0.4, 0.5) is 4.79 Å². The van der Waals surface area contributed by atoms with E-state index in [0.717, 1.165) is 17.5 Å². The lowest BCUT2D eigenvalue weighted by molar-refractivity contribution is -0.121. The highest BCUT2D eigenvalue weighted by Gasteiger charge is 2.22. The summed E-state index contributed by atoms with van der Waals surface area (Å²) >= 11 is 0. The highest BCUT2D eigenvalue weighted by Crippen LogP contribution is 2.24. The summed E-state index contributed by atoms with van der Waals surface area (Å²) in [5.41, 5.74) is 1.96. The third-order valence-electron chi connectivity index (χ3n) is 4.56. The molecule has 1 aromatic rings. The van der Waals surface area contributed by atoms with Crippen LogP contribution in [-0.4, -0.2) is 23.3 Å². The van der Waals surface area contributed by atoms with E-state index < -0.39 is 11.7 Å². The molecular weight excluding hydrogens is 354 g/mol. The van der Waals surface area contributed by atoms with E-state index in [1.807, 2.05) is 52.0 Å². The summed E-state index contributed by atoms with van der Waals surface area (Å²) in [5.74, 6) is -0.396. The third-order valence-corrected chi connectivity index (χ3v) is 4.56. The average Bonchev–Trinajstić information content (AvgIpc) is 2.58. The quantitative estimate of drug-likeness (QED) is 0.814. The number of nitriles is 1. The zero-order valence-electron chi connectivity index (χ0n) is 17.1. The van der Waals surface area contributed by atoms with Crippen LogP contribution in [0, 0.1) is 17.2 Å². The Hall–Kier alpha value is -2.68. The lowest BCUT2D eigenvalue weighted by atomic mass is 9.94. The number of nitrogens with zero attached hydrogens (tertiary/aromatic N) is 2. The van der Waals surface area contributed by atoms with Gasteiger partial charge in [-0.25, -0.2) is 9.79 Å². The molecule has 0 saturated carbocycles. The average molecular weight is 383 g/mol. The van der Waals surface area contributed by atoms with Crippen molar-refractivity contribution in [2.45, 2.75) is 71.4 Å². The van der Waals surface area contributed by atoms with Crippen molar-refractivity contribution in [3.8, 4) is 6.07 Å². The molecule has 1 aromatic carbocycles. The Bertz CT molecular complexity index is 787. The van der Waals surface area contributed by atoms with Gasteiger partial charge in [0.05, 0.1) is 18.5 Å². The van der Waals surface area contributed by atoms with E-state index in [2.05, 4.69) is 16.4 Å². The number of hydrogen-bond acceptors (Lipinski definition) is 4. The lowest BCUT2D eigenvalue weighted by Gasteiger charge is -2.25. The van der Waals surface area contributed by atoms with Gasteiger partial charge in [0.15, 0.2) is 0 Å². The van der Waals surface area contributed by atoms with E-state index >= 15 is 0 Å². The molecule has 2 bridgehead atoms. The van der Waals surface area contributed by atoms with Gasteiger partial charge < -0.3 is 10.1 Å². The molecule has 0 radical (unpaired) electrons. The molecule has 1 aliphatic heterocycles. The summed E-state index contributed by atoms with van der Waals surface area (Å²) in [4.78, 5) is 28.9. The minimum absolute atomic E-state index is 0.127. The molecule has 1 heterocycles. The number of rotatable bonds is 2. The van der Waals surface area contributed by atoms with Crippen molar-refractivity contribution in [2.75, 3.05) is 0 Å². The van der Waals surface area contributed by atoms with Gasteiger partial charge in [-0.05, 0) is 44.7 Å². The predicted octanol–water partition coefficient (Wildman–Crippen LogP) is 4.50. The number of hydrogen-bond donors (Lipinski definition) is 1. The minimum atomic E-state index is -0.569. The molecule has 1 N–H and O–H groups in total. The molecule has 6 nitrogen and oxygen atoms in total.